The Morgan fingerprint density at radius 3 is 2.60 bits per heavy atom. The number of nitrogens with two attached hydrogens (primary N) is 1. The first-order valence-electron chi connectivity index (χ1n) is 5.28. The topological polar surface area (TPSA) is 58.3 Å². The number of benzene rings is 1. The van der Waals surface area contributed by atoms with Gasteiger partial charge in [-0.05, 0) is 30.5 Å². The smallest absolute Gasteiger partial charge is 0.0635 e. The van der Waals surface area contributed by atoms with E-state index in [2.05, 4.69) is 19.2 Å². The van der Waals surface area contributed by atoms with Crippen molar-refractivity contribution in [2.75, 3.05) is 17.7 Å². The van der Waals surface area contributed by atoms with Crippen molar-refractivity contribution in [3.05, 3.63) is 23.8 Å². The fraction of sp³-hybridized carbons (Fsp3) is 0.500. The van der Waals surface area contributed by atoms with E-state index < -0.39 is 0 Å². The minimum atomic E-state index is 0.0745. The minimum absolute atomic E-state index is 0.0745. The Bertz CT molecular complexity index is 323. The van der Waals surface area contributed by atoms with Crippen LogP contribution in [0.4, 0.5) is 11.4 Å². The molecule has 0 amide bonds. The molecule has 0 saturated heterocycles. The molecule has 3 heteroatoms. The summed E-state index contributed by atoms with van der Waals surface area (Å²) >= 11 is 0. The molecule has 0 saturated carbocycles. The molecule has 0 unspecified atom stereocenters. The highest BCUT2D eigenvalue weighted by Gasteiger charge is 2.12. The van der Waals surface area contributed by atoms with E-state index in [0.29, 0.717) is 5.92 Å². The largest absolute Gasteiger partial charge is 0.398 e. The van der Waals surface area contributed by atoms with Crippen molar-refractivity contribution in [2.45, 2.75) is 26.8 Å². The van der Waals surface area contributed by atoms with Crippen LogP contribution in [0.3, 0.4) is 0 Å². The molecule has 0 aromatic heterocycles. The van der Waals surface area contributed by atoms with Crippen LogP contribution < -0.4 is 11.1 Å². The van der Waals surface area contributed by atoms with Gasteiger partial charge in [0.2, 0.25) is 0 Å². The van der Waals surface area contributed by atoms with Crippen molar-refractivity contribution in [3.63, 3.8) is 0 Å². The molecular formula is C12H20N2O. The number of aliphatic hydroxyl groups excluding tert-OH is 1. The van der Waals surface area contributed by atoms with Crippen molar-refractivity contribution in [1.82, 2.24) is 0 Å². The van der Waals surface area contributed by atoms with E-state index in [1.807, 2.05) is 25.1 Å². The first kappa shape index (κ1) is 11.9. The van der Waals surface area contributed by atoms with Gasteiger partial charge in [0.15, 0.2) is 0 Å². The number of anilines is 2. The average Bonchev–Trinajstić information content (AvgIpc) is 2.19. The van der Waals surface area contributed by atoms with Crippen LogP contribution >= 0.6 is 0 Å². The summed E-state index contributed by atoms with van der Waals surface area (Å²) in [6, 6.07) is 5.85. The molecule has 0 bridgehead atoms. The van der Waals surface area contributed by atoms with Crippen molar-refractivity contribution >= 4 is 11.4 Å². The second-order valence-electron chi connectivity index (χ2n) is 4.20. The third kappa shape index (κ3) is 2.86. The molecule has 1 aromatic rings. The van der Waals surface area contributed by atoms with Crippen LogP contribution in [0, 0.1) is 12.8 Å². The van der Waals surface area contributed by atoms with Gasteiger partial charge in [0.1, 0.15) is 0 Å². The Labute approximate surface area is 91.3 Å². The maximum Gasteiger partial charge on any atom is 0.0635 e. The van der Waals surface area contributed by atoms with Crippen LogP contribution in [0.1, 0.15) is 19.4 Å². The number of aliphatic hydroxyl groups is 1. The number of rotatable bonds is 4. The third-order valence-corrected chi connectivity index (χ3v) is 2.72. The molecule has 0 fully saturated rings. The molecule has 0 aliphatic rings. The Balaban J connectivity index is 2.84. The summed E-state index contributed by atoms with van der Waals surface area (Å²) in [4.78, 5) is 0. The van der Waals surface area contributed by atoms with Crippen LogP contribution in [-0.2, 0) is 0 Å². The van der Waals surface area contributed by atoms with E-state index in [4.69, 9.17) is 5.73 Å². The minimum Gasteiger partial charge on any atom is -0.398 e. The predicted octanol–water partition coefficient (Wildman–Crippen LogP) is 2.01. The van der Waals surface area contributed by atoms with Gasteiger partial charge in [-0.1, -0.05) is 19.9 Å². The zero-order chi connectivity index (χ0) is 11.4. The average molecular weight is 208 g/mol. The molecule has 84 valence electrons. The molecule has 0 heterocycles. The summed E-state index contributed by atoms with van der Waals surface area (Å²) in [5, 5.41) is 12.5. The number of hydrogen-bond acceptors (Lipinski definition) is 3. The van der Waals surface area contributed by atoms with Crippen molar-refractivity contribution in [3.8, 4) is 0 Å². The number of nitrogen functional groups attached to an aromatic ring is 1. The fourth-order valence-corrected chi connectivity index (χ4v) is 1.43. The molecule has 0 aliphatic carbocycles. The second kappa shape index (κ2) is 5.03. The van der Waals surface area contributed by atoms with Crippen molar-refractivity contribution in [1.29, 1.82) is 0 Å². The van der Waals surface area contributed by atoms with Crippen molar-refractivity contribution in [2.24, 2.45) is 5.92 Å². The summed E-state index contributed by atoms with van der Waals surface area (Å²) in [5.41, 5.74) is 8.63. The van der Waals surface area contributed by atoms with E-state index in [0.717, 1.165) is 16.9 Å². The standard InChI is InChI=1S/C12H20N2O/c1-8(2)12(7-15)14-11-6-4-5-10(13)9(11)3/h4-6,8,12,14-15H,7,13H2,1-3H3/t12-/m1/s1. The van der Waals surface area contributed by atoms with E-state index in [1.165, 1.54) is 0 Å². The maximum atomic E-state index is 9.22. The fourth-order valence-electron chi connectivity index (χ4n) is 1.43. The third-order valence-electron chi connectivity index (χ3n) is 2.72. The first-order chi connectivity index (χ1) is 7.06. The van der Waals surface area contributed by atoms with E-state index in [-0.39, 0.29) is 12.6 Å². The summed E-state index contributed by atoms with van der Waals surface area (Å²) in [5.74, 6) is 0.385. The van der Waals surface area contributed by atoms with Gasteiger partial charge in [-0.2, -0.15) is 0 Å². The molecule has 0 spiro atoms. The Hall–Kier alpha value is -1.22. The Morgan fingerprint density at radius 1 is 1.40 bits per heavy atom. The van der Waals surface area contributed by atoms with Crippen LogP contribution in [0.25, 0.3) is 0 Å². The van der Waals surface area contributed by atoms with E-state index in [1.54, 1.807) is 0 Å². The predicted molar refractivity (Wildman–Crippen MR) is 64.9 cm³/mol. The summed E-state index contributed by atoms with van der Waals surface area (Å²) in [6.07, 6.45) is 0. The SMILES string of the molecule is Cc1c(N)cccc1N[C@H](CO)C(C)C. The van der Waals surface area contributed by atoms with Gasteiger partial charge < -0.3 is 16.2 Å². The lowest BCUT2D eigenvalue weighted by Crippen LogP contribution is -2.29. The lowest BCUT2D eigenvalue weighted by atomic mass is 10.0. The second-order valence-corrected chi connectivity index (χ2v) is 4.20. The lowest BCUT2D eigenvalue weighted by molar-refractivity contribution is 0.249. The Kier molecular flexibility index (Phi) is 3.97. The van der Waals surface area contributed by atoms with Gasteiger partial charge >= 0.3 is 0 Å². The summed E-state index contributed by atoms with van der Waals surface area (Å²) < 4.78 is 0. The summed E-state index contributed by atoms with van der Waals surface area (Å²) in [7, 11) is 0. The molecule has 1 aromatic carbocycles. The van der Waals surface area contributed by atoms with Crippen LogP contribution in [0.2, 0.25) is 0 Å². The molecule has 1 atom stereocenters. The van der Waals surface area contributed by atoms with Gasteiger partial charge in [0.05, 0.1) is 12.6 Å². The van der Waals surface area contributed by atoms with Gasteiger partial charge in [-0.25, -0.2) is 0 Å². The molecule has 0 aliphatic heterocycles. The van der Waals surface area contributed by atoms with Gasteiger partial charge in [0.25, 0.3) is 0 Å². The molecule has 4 N–H and O–H groups in total. The lowest BCUT2D eigenvalue weighted by Gasteiger charge is -2.22. The molecule has 3 nitrogen and oxygen atoms in total. The van der Waals surface area contributed by atoms with E-state index >= 15 is 0 Å². The molecule has 1 rings (SSSR count). The quantitative estimate of drug-likeness (QED) is 0.663. The van der Waals surface area contributed by atoms with Crippen LogP contribution in [0.15, 0.2) is 18.2 Å². The zero-order valence-corrected chi connectivity index (χ0v) is 9.62. The molecule has 0 radical (unpaired) electrons. The van der Waals surface area contributed by atoms with Gasteiger partial charge in [0, 0.05) is 11.4 Å². The number of nitrogens with one attached hydrogen (secondary N) is 1. The normalized spacial score (nSPS) is 12.9. The summed E-state index contributed by atoms with van der Waals surface area (Å²) in [6.45, 7) is 6.27. The Morgan fingerprint density at radius 2 is 2.07 bits per heavy atom. The highest BCUT2D eigenvalue weighted by Crippen LogP contribution is 2.22. The van der Waals surface area contributed by atoms with Crippen LogP contribution in [0.5, 0.6) is 0 Å². The monoisotopic (exact) mass is 208 g/mol. The first-order valence-corrected chi connectivity index (χ1v) is 5.28. The van der Waals surface area contributed by atoms with Gasteiger partial charge in [-0.15, -0.1) is 0 Å². The zero-order valence-electron chi connectivity index (χ0n) is 9.62. The molecular weight excluding hydrogens is 188 g/mol. The van der Waals surface area contributed by atoms with Crippen molar-refractivity contribution < 1.29 is 5.11 Å². The highest BCUT2D eigenvalue weighted by atomic mass is 16.3. The van der Waals surface area contributed by atoms with Gasteiger partial charge in [-0.3, -0.25) is 0 Å². The highest BCUT2D eigenvalue weighted by molar-refractivity contribution is 5.63. The number of hydrogen-bond donors (Lipinski definition) is 3. The molecule has 15 heavy (non-hydrogen) atoms. The maximum absolute atomic E-state index is 9.22. The van der Waals surface area contributed by atoms with Crippen LogP contribution in [-0.4, -0.2) is 17.8 Å². The van der Waals surface area contributed by atoms with E-state index in [9.17, 15) is 5.11 Å².